The van der Waals surface area contributed by atoms with Gasteiger partial charge in [0.1, 0.15) is 0 Å². The monoisotopic (exact) mass is 487 g/mol. The molecule has 0 radical (unpaired) electrons. The molecular weight excluding hydrogens is 462 g/mol. The van der Waals surface area contributed by atoms with Gasteiger partial charge >= 0.3 is 0 Å². The van der Waals surface area contributed by atoms with E-state index in [1.807, 2.05) is 30.3 Å². The Bertz CT molecular complexity index is 1190. The molecule has 174 valence electrons. The quantitative estimate of drug-likeness (QED) is 0.367. The number of nitrogens with zero attached hydrogens (tertiary/aromatic N) is 3. The summed E-state index contributed by atoms with van der Waals surface area (Å²) in [6.07, 6.45) is 1.72. The molecule has 1 aliphatic rings. The maximum absolute atomic E-state index is 12.7. The fourth-order valence-electron chi connectivity index (χ4n) is 3.33. The molecule has 2 heterocycles. The average molecular weight is 488 g/mol. The summed E-state index contributed by atoms with van der Waals surface area (Å²) in [7, 11) is -3.53. The molecule has 33 heavy (non-hydrogen) atoms. The van der Waals surface area contributed by atoms with Crippen LogP contribution in [-0.2, 0) is 26.1 Å². The highest BCUT2D eigenvalue weighted by atomic mass is 32.2. The molecule has 0 aliphatic carbocycles. The van der Waals surface area contributed by atoms with E-state index in [0.717, 1.165) is 16.8 Å². The van der Waals surface area contributed by atoms with E-state index < -0.39 is 10.0 Å². The second kappa shape index (κ2) is 10.4. The van der Waals surface area contributed by atoms with Gasteiger partial charge in [-0.15, -0.1) is 0 Å². The summed E-state index contributed by atoms with van der Waals surface area (Å²) >= 11 is 1.25. The van der Waals surface area contributed by atoms with Crippen LogP contribution in [0, 0.1) is 0 Å². The molecule has 1 amide bonds. The number of carbonyl (C=O) groups is 1. The molecule has 4 rings (SSSR count). The molecule has 3 aromatic rings. The highest BCUT2D eigenvalue weighted by Crippen LogP contribution is 2.22. The first-order valence-electron chi connectivity index (χ1n) is 10.4. The number of nitrogens with one attached hydrogen (secondary N) is 1. The Kier molecular flexibility index (Phi) is 7.33. The standard InChI is InChI=1S/C22H25N5O4S2/c23-27-15-20(18-4-2-1-3-5-18)25-22(27)32-16-21(28)24-14-17-6-8-19(9-7-17)33(29,30)26-10-12-31-13-11-26/h1-9,15H,10-14,16,23H2,(H,24,28). The van der Waals surface area contributed by atoms with Crippen molar-refractivity contribution in [3.63, 3.8) is 0 Å². The molecule has 1 fully saturated rings. The van der Waals surface area contributed by atoms with E-state index in [1.54, 1.807) is 30.5 Å². The van der Waals surface area contributed by atoms with Crippen molar-refractivity contribution in [1.29, 1.82) is 0 Å². The molecule has 1 saturated heterocycles. The van der Waals surface area contributed by atoms with Crippen molar-refractivity contribution in [2.45, 2.75) is 16.6 Å². The van der Waals surface area contributed by atoms with Crippen LogP contribution in [0.5, 0.6) is 0 Å². The van der Waals surface area contributed by atoms with E-state index in [-0.39, 0.29) is 16.6 Å². The minimum atomic E-state index is -3.53. The number of rotatable bonds is 8. The van der Waals surface area contributed by atoms with Gasteiger partial charge in [0.15, 0.2) is 5.16 Å². The van der Waals surface area contributed by atoms with Gasteiger partial charge in [-0.05, 0) is 17.7 Å². The maximum atomic E-state index is 12.7. The second-order valence-corrected chi connectivity index (χ2v) is 10.3. The Morgan fingerprint density at radius 3 is 2.48 bits per heavy atom. The van der Waals surface area contributed by atoms with Gasteiger partial charge in [0, 0.05) is 25.2 Å². The number of amides is 1. The van der Waals surface area contributed by atoms with Crippen LogP contribution in [0.25, 0.3) is 11.3 Å². The molecule has 0 saturated carbocycles. The molecule has 1 aromatic heterocycles. The van der Waals surface area contributed by atoms with E-state index >= 15 is 0 Å². The number of thioether (sulfide) groups is 1. The van der Waals surface area contributed by atoms with Gasteiger partial charge in [-0.25, -0.2) is 18.1 Å². The lowest BCUT2D eigenvalue weighted by atomic mass is 10.2. The fourth-order valence-corrected chi connectivity index (χ4v) is 5.46. The Morgan fingerprint density at radius 2 is 1.79 bits per heavy atom. The van der Waals surface area contributed by atoms with Gasteiger partial charge < -0.3 is 15.9 Å². The lowest BCUT2D eigenvalue weighted by molar-refractivity contribution is -0.118. The number of benzene rings is 2. The molecule has 0 bridgehead atoms. The molecule has 0 unspecified atom stereocenters. The predicted molar refractivity (Wildman–Crippen MR) is 126 cm³/mol. The van der Waals surface area contributed by atoms with Crippen molar-refractivity contribution in [3.05, 3.63) is 66.4 Å². The number of nitrogen functional groups attached to an aromatic ring is 1. The SMILES string of the molecule is Nn1cc(-c2ccccc2)nc1SCC(=O)NCc1ccc(S(=O)(=O)N2CCOCC2)cc1. The number of aromatic nitrogens is 2. The van der Waals surface area contributed by atoms with Crippen LogP contribution in [0.15, 0.2) is 70.8 Å². The van der Waals surface area contributed by atoms with Crippen molar-refractivity contribution < 1.29 is 17.9 Å². The van der Waals surface area contributed by atoms with Gasteiger partial charge in [-0.1, -0.05) is 54.2 Å². The van der Waals surface area contributed by atoms with Crippen LogP contribution in [0.4, 0.5) is 0 Å². The zero-order valence-electron chi connectivity index (χ0n) is 17.9. The van der Waals surface area contributed by atoms with E-state index in [9.17, 15) is 13.2 Å². The Hall–Kier alpha value is -2.86. The van der Waals surface area contributed by atoms with Crippen molar-refractivity contribution in [1.82, 2.24) is 19.3 Å². The van der Waals surface area contributed by atoms with Gasteiger partial charge in [-0.2, -0.15) is 4.31 Å². The first-order chi connectivity index (χ1) is 15.9. The summed E-state index contributed by atoms with van der Waals surface area (Å²) in [6, 6.07) is 16.2. The zero-order chi connectivity index (χ0) is 23.3. The Balaban J connectivity index is 1.28. The minimum Gasteiger partial charge on any atom is -0.379 e. The molecule has 11 heteroatoms. The Labute approximate surface area is 197 Å². The maximum Gasteiger partial charge on any atom is 0.243 e. The van der Waals surface area contributed by atoms with E-state index in [1.165, 1.54) is 20.7 Å². The van der Waals surface area contributed by atoms with Crippen molar-refractivity contribution in [2.75, 3.05) is 37.9 Å². The number of carbonyl (C=O) groups excluding carboxylic acids is 1. The molecule has 1 aliphatic heterocycles. The molecular formula is C22H25N5O4S2. The van der Waals surface area contributed by atoms with Crippen molar-refractivity contribution in [2.24, 2.45) is 0 Å². The molecule has 3 N–H and O–H groups in total. The van der Waals surface area contributed by atoms with Crippen LogP contribution in [-0.4, -0.2) is 60.3 Å². The lowest BCUT2D eigenvalue weighted by Gasteiger charge is -2.26. The van der Waals surface area contributed by atoms with Crippen molar-refractivity contribution >= 4 is 27.7 Å². The number of hydrogen-bond acceptors (Lipinski definition) is 7. The third-order valence-electron chi connectivity index (χ3n) is 5.12. The van der Waals surface area contributed by atoms with E-state index in [0.29, 0.717) is 38.0 Å². The second-order valence-electron chi connectivity index (χ2n) is 7.41. The highest BCUT2D eigenvalue weighted by molar-refractivity contribution is 7.99. The number of ether oxygens (including phenoxy) is 1. The largest absolute Gasteiger partial charge is 0.379 e. The van der Waals surface area contributed by atoms with Crippen LogP contribution >= 0.6 is 11.8 Å². The smallest absolute Gasteiger partial charge is 0.243 e. The van der Waals surface area contributed by atoms with Crippen LogP contribution < -0.4 is 11.2 Å². The predicted octanol–water partition coefficient (Wildman–Crippen LogP) is 1.69. The first kappa shape index (κ1) is 23.3. The molecule has 9 nitrogen and oxygen atoms in total. The van der Waals surface area contributed by atoms with Gasteiger partial charge in [0.05, 0.1) is 35.8 Å². The summed E-state index contributed by atoms with van der Waals surface area (Å²) < 4.78 is 33.4. The summed E-state index contributed by atoms with van der Waals surface area (Å²) in [5.41, 5.74) is 2.50. The topological polar surface area (TPSA) is 120 Å². The number of hydrogen-bond donors (Lipinski definition) is 2. The number of imidazole rings is 1. The van der Waals surface area contributed by atoms with Crippen LogP contribution in [0.2, 0.25) is 0 Å². The van der Waals surface area contributed by atoms with Crippen LogP contribution in [0.3, 0.4) is 0 Å². The summed E-state index contributed by atoms with van der Waals surface area (Å²) in [5, 5.41) is 3.38. The Morgan fingerprint density at radius 1 is 1.09 bits per heavy atom. The first-order valence-corrected chi connectivity index (χ1v) is 12.8. The average Bonchev–Trinajstić information content (AvgIpc) is 3.23. The molecule has 0 atom stereocenters. The summed E-state index contributed by atoms with van der Waals surface area (Å²) in [5.74, 6) is 5.96. The number of morpholine rings is 1. The minimum absolute atomic E-state index is 0.159. The third kappa shape index (κ3) is 5.74. The van der Waals surface area contributed by atoms with E-state index in [4.69, 9.17) is 10.6 Å². The van der Waals surface area contributed by atoms with Gasteiger partial charge in [0.25, 0.3) is 0 Å². The summed E-state index contributed by atoms with van der Waals surface area (Å²) in [4.78, 5) is 17.0. The van der Waals surface area contributed by atoms with E-state index in [2.05, 4.69) is 10.3 Å². The number of nitrogens with two attached hydrogens (primary N) is 1. The van der Waals surface area contributed by atoms with Crippen molar-refractivity contribution in [3.8, 4) is 11.3 Å². The van der Waals surface area contributed by atoms with Crippen LogP contribution in [0.1, 0.15) is 5.56 Å². The highest BCUT2D eigenvalue weighted by Gasteiger charge is 2.26. The molecule has 2 aromatic carbocycles. The molecule has 0 spiro atoms. The van der Waals surface area contributed by atoms with Gasteiger partial charge in [-0.3, -0.25) is 4.79 Å². The lowest BCUT2D eigenvalue weighted by Crippen LogP contribution is -2.40. The van der Waals surface area contributed by atoms with Gasteiger partial charge in [0.2, 0.25) is 15.9 Å². The third-order valence-corrected chi connectivity index (χ3v) is 8.00. The zero-order valence-corrected chi connectivity index (χ0v) is 19.5. The number of sulfonamides is 1. The normalized spacial score (nSPS) is 14.8. The fraction of sp³-hybridized carbons (Fsp3) is 0.273. The summed E-state index contributed by atoms with van der Waals surface area (Å²) in [6.45, 7) is 1.81.